The maximum atomic E-state index is 13.3. The quantitative estimate of drug-likeness (QED) is 0.455. The molecule has 3 atom stereocenters. The molecule has 3 N–H and O–H groups in total. The van der Waals surface area contributed by atoms with Crippen LogP contribution in [0.4, 0.5) is 35.3 Å². The fraction of sp³-hybridized carbons (Fsp3) is 0.500. The number of aliphatic hydroxyl groups is 2. The molecular formula is C22H25F3N6O5. The van der Waals surface area contributed by atoms with E-state index in [4.69, 9.17) is 9.84 Å². The number of rotatable bonds is 8. The van der Waals surface area contributed by atoms with E-state index in [2.05, 4.69) is 20.3 Å². The van der Waals surface area contributed by atoms with Crippen molar-refractivity contribution in [2.45, 2.75) is 38.1 Å². The van der Waals surface area contributed by atoms with Crippen LogP contribution in [-0.4, -0.2) is 81.6 Å². The number of Topliss-reactive ketones (excluding diaryl/α,β-unsaturated/α-hetero) is 1. The van der Waals surface area contributed by atoms with Gasteiger partial charge in [-0.1, -0.05) is 6.92 Å². The standard InChI is InChI=1S/C22H25F3N6O5/c1-12(22(23,24)25)6-17(34)15-2-3-16-20(28-15)31(13-4-5-30(16)8-13)21(35)29-18-7-19(27-11-26-18)36-10-14(33)9-32/h2-3,7,11-14,32-33H,4-6,8-10H2,1H3,(H,26,27,29,35)/t12-,13-,14-/m0/s1. The van der Waals surface area contributed by atoms with E-state index in [9.17, 15) is 27.9 Å². The lowest BCUT2D eigenvalue weighted by Gasteiger charge is -2.35. The molecule has 2 aliphatic heterocycles. The van der Waals surface area contributed by atoms with Gasteiger partial charge in [-0.15, -0.1) is 0 Å². The number of halogens is 3. The molecule has 2 aromatic heterocycles. The highest BCUT2D eigenvalue weighted by Gasteiger charge is 2.41. The van der Waals surface area contributed by atoms with Crippen molar-refractivity contribution in [3.05, 3.63) is 30.2 Å². The Morgan fingerprint density at radius 3 is 2.81 bits per heavy atom. The van der Waals surface area contributed by atoms with E-state index in [1.54, 1.807) is 6.07 Å². The number of aromatic nitrogens is 3. The fourth-order valence-electron chi connectivity index (χ4n) is 4.02. The molecule has 0 spiro atoms. The second-order valence-corrected chi connectivity index (χ2v) is 8.69. The molecule has 1 saturated heterocycles. The minimum atomic E-state index is -4.50. The van der Waals surface area contributed by atoms with Crippen LogP contribution in [-0.2, 0) is 0 Å². The number of alkyl halides is 3. The van der Waals surface area contributed by atoms with Crippen molar-refractivity contribution in [2.24, 2.45) is 5.92 Å². The van der Waals surface area contributed by atoms with Gasteiger partial charge in [0.25, 0.3) is 0 Å². The van der Waals surface area contributed by atoms with Crippen LogP contribution in [0.3, 0.4) is 0 Å². The number of pyridine rings is 1. The summed E-state index contributed by atoms with van der Waals surface area (Å²) in [6.45, 7) is 1.42. The second-order valence-electron chi connectivity index (χ2n) is 8.69. The zero-order valence-corrected chi connectivity index (χ0v) is 19.3. The number of fused-ring (bicyclic) bond motifs is 4. The van der Waals surface area contributed by atoms with Gasteiger partial charge in [0.05, 0.1) is 24.3 Å². The van der Waals surface area contributed by atoms with Crippen LogP contribution >= 0.6 is 0 Å². The molecule has 194 valence electrons. The SMILES string of the molecule is C[C@@H](CC(=O)c1ccc2c(n1)N(C(=O)Nc1cc(OC[C@@H](O)CO)ncn1)[C@H]1CCN2C1)C(F)(F)F. The van der Waals surface area contributed by atoms with E-state index in [-0.39, 0.29) is 35.9 Å². The predicted octanol–water partition coefficient (Wildman–Crippen LogP) is 2.01. The topological polar surface area (TPSA) is 141 Å². The summed E-state index contributed by atoms with van der Waals surface area (Å²) in [5.41, 5.74) is 0.453. The van der Waals surface area contributed by atoms with Crippen molar-refractivity contribution >= 4 is 29.1 Å². The molecule has 4 heterocycles. The van der Waals surface area contributed by atoms with E-state index in [1.807, 2.05) is 4.90 Å². The molecule has 2 aromatic rings. The van der Waals surface area contributed by atoms with Crippen molar-refractivity contribution in [1.29, 1.82) is 0 Å². The lowest BCUT2D eigenvalue weighted by Crippen LogP contribution is -2.48. The number of nitrogens with zero attached hydrogens (tertiary/aromatic N) is 5. The number of carbonyl (C=O) groups excluding carboxylic acids is 2. The van der Waals surface area contributed by atoms with Gasteiger partial charge in [-0.25, -0.2) is 19.7 Å². The average Bonchev–Trinajstić information content (AvgIpc) is 3.25. The van der Waals surface area contributed by atoms with E-state index in [1.165, 1.54) is 17.0 Å². The Morgan fingerprint density at radius 2 is 2.08 bits per heavy atom. The summed E-state index contributed by atoms with van der Waals surface area (Å²) < 4.78 is 44.1. The van der Waals surface area contributed by atoms with Crippen LogP contribution < -0.4 is 19.9 Å². The van der Waals surface area contributed by atoms with Gasteiger partial charge in [-0.3, -0.25) is 15.0 Å². The number of hydrogen-bond donors (Lipinski definition) is 3. The van der Waals surface area contributed by atoms with Crippen LogP contribution in [0.5, 0.6) is 5.88 Å². The van der Waals surface area contributed by atoms with Gasteiger partial charge in [0.2, 0.25) is 5.88 Å². The maximum absolute atomic E-state index is 13.3. The molecule has 0 saturated carbocycles. The van der Waals surface area contributed by atoms with Gasteiger partial charge in [-0.2, -0.15) is 13.2 Å². The van der Waals surface area contributed by atoms with Crippen molar-refractivity contribution in [3.8, 4) is 5.88 Å². The normalized spacial score (nSPS) is 18.4. The van der Waals surface area contributed by atoms with E-state index in [0.717, 1.165) is 13.3 Å². The molecule has 0 radical (unpaired) electrons. The number of ether oxygens (including phenoxy) is 1. The molecule has 0 aromatic carbocycles. The minimum Gasteiger partial charge on any atom is -0.475 e. The summed E-state index contributed by atoms with van der Waals surface area (Å²) in [5.74, 6) is -2.25. The zero-order valence-electron chi connectivity index (χ0n) is 19.3. The summed E-state index contributed by atoms with van der Waals surface area (Å²) in [5, 5.41) is 20.9. The summed E-state index contributed by atoms with van der Waals surface area (Å²) in [6.07, 6.45) is -4.57. The Morgan fingerprint density at radius 1 is 1.31 bits per heavy atom. The molecule has 1 fully saturated rings. The number of urea groups is 1. The van der Waals surface area contributed by atoms with Gasteiger partial charge >= 0.3 is 12.2 Å². The Bertz CT molecular complexity index is 1130. The second kappa shape index (κ2) is 10.2. The third kappa shape index (κ3) is 5.49. The van der Waals surface area contributed by atoms with Gasteiger partial charge < -0.3 is 19.8 Å². The van der Waals surface area contributed by atoms with Crippen LogP contribution in [0.25, 0.3) is 0 Å². The molecule has 4 rings (SSSR count). The molecular weight excluding hydrogens is 485 g/mol. The van der Waals surface area contributed by atoms with Crippen LogP contribution in [0.15, 0.2) is 24.5 Å². The first-order chi connectivity index (χ1) is 17.1. The largest absolute Gasteiger partial charge is 0.475 e. The first-order valence-electron chi connectivity index (χ1n) is 11.3. The molecule has 36 heavy (non-hydrogen) atoms. The van der Waals surface area contributed by atoms with Crippen molar-refractivity contribution < 1.29 is 37.7 Å². The number of carbonyl (C=O) groups is 2. The van der Waals surface area contributed by atoms with Gasteiger partial charge in [-0.05, 0) is 18.6 Å². The summed E-state index contributed by atoms with van der Waals surface area (Å²) in [7, 11) is 0. The maximum Gasteiger partial charge on any atom is 0.391 e. The highest BCUT2D eigenvalue weighted by molar-refractivity contribution is 6.05. The Labute approximate surface area is 203 Å². The third-order valence-corrected chi connectivity index (χ3v) is 6.02. The fourth-order valence-corrected chi connectivity index (χ4v) is 4.02. The first kappa shape index (κ1) is 25.6. The number of amides is 2. The number of aliphatic hydroxyl groups excluding tert-OH is 2. The molecule has 2 bridgehead atoms. The minimum absolute atomic E-state index is 0.0590. The lowest BCUT2D eigenvalue weighted by molar-refractivity contribution is -0.168. The zero-order chi connectivity index (χ0) is 26.0. The smallest absolute Gasteiger partial charge is 0.391 e. The van der Waals surface area contributed by atoms with Crippen LogP contribution in [0, 0.1) is 5.92 Å². The molecule has 14 heteroatoms. The predicted molar refractivity (Wildman–Crippen MR) is 121 cm³/mol. The number of hydrogen-bond acceptors (Lipinski definition) is 9. The van der Waals surface area contributed by atoms with Crippen molar-refractivity contribution in [3.63, 3.8) is 0 Å². The summed E-state index contributed by atoms with van der Waals surface area (Å²) in [6, 6.07) is 3.46. The Hall–Kier alpha value is -3.52. The summed E-state index contributed by atoms with van der Waals surface area (Å²) in [4.78, 5) is 41.4. The number of nitrogens with one attached hydrogen (secondary N) is 1. The Balaban J connectivity index is 1.55. The highest BCUT2D eigenvalue weighted by Crippen LogP contribution is 2.39. The molecule has 2 aliphatic rings. The number of anilines is 3. The van der Waals surface area contributed by atoms with Crippen LogP contribution in [0.1, 0.15) is 30.3 Å². The van der Waals surface area contributed by atoms with Gasteiger partial charge in [0.1, 0.15) is 30.5 Å². The Kier molecular flexibility index (Phi) is 7.26. The molecule has 2 amide bonds. The molecule has 0 aliphatic carbocycles. The summed E-state index contributed by atoms with van der Waals surface area (Å²) >= 11 is 0. The monoisotopic (exact) mass is 510 g/mol. The van der Waals surface area contributed by atoms with E-state index in [0.29, 0.717) is 25.2 Å². The number of ketones is 1. The van der Waals surface area contributed by atoms with E-state index < -0.39 is 43.0 Å². The lowest BCUT2D eigenvalue weighted by atomic mass is 10.0. The van der Waals surface area contributed by atoms with Gasteiger partial charge in [0, 0.05) is 25.6 Å². The third-order valence-electron chi connectivity index (χ3n) is 6.02. The first-order valence-corrected chi connectivity index (χ1v) is 11.3. The van der Waals surface area contributed by atoms with Crippen molar-refractivity contribution in [2.75, 3.05) is 41.4 Å². The van der Waals surface area contributed by atoms with Gasteiger partial charge in [0.15, 0.2) is 11.6 Å². The molecule has 11 nitrogen and oxygen atoms in total. The van der Waals surface area contributed by atoms with E-state index >= 15 is 0 Å². The molecule has 0 unspecified atom stereocenters. The van der Waals surface area contributed by atoms with Crippen LogP contribution in [0.2, 0.25) is 0 Å². The highest BCUT2D eigenvalue weighted by atomic mass is 19.4. The van der Waals surface area contributed by atoms with Crippen molar-refractivity contribution in [1.82, 2.24) is 15.0 Å². The average molecular weight is 510 g/mol.